The number of amides is 1. The molecule has 1 aliphatic heterocycles. The molecule has 0 saturated carbocycles. The van der Waals surface area contributed by atoms with Gasteiger partial charge in [-0.05, 0) is 12.8 Å². The van der Waals surface area contributed by atoms with Crippen LogP contribution < -0.4 is 0 Å². The van der Waals surface area contributed by atoms with Crippen molar-refractivity contribution in [1.82, 2.24) is 4.90 Å². The van der Waals surface area contributed by atoms with Gasteiger partial charge >= 0.3 is 12.1 Å². The second-order valence-electron chi connectivity index (χ2n) is 3.79. The van der Waals surface area contributed by atoms with Crippen LogP contribution in [0, 0.1) is 0 Å². The van der Waals surface area contributed by atoms with Crippen molar-refractivity contribution in [1.29, 1.82) is 0 Å². The maximum atomic E-state index is 13.9. The summed E-state index contributed by atoms with van der Waals surface area (Å²) in [6.45, 7) is 1.58. The predicted molar refractivity (Wildman–Crippen MR) is 49.5 cm³/mol. The van der Waals surface area contributed by atoms with Crippen molar-refractivity contribution >= 4 is 12.1 Å². The van der Waals surface area contributed by atoms with Crippen LogP contribution >= 0.6 is 0 Å². The van der Waals surface area contributed by atoms with Crippen LogP contribution in [-0.4, -0.2) is 45.4 Å². The highest BCUT2D eigenvalue weighted by atomic mass is 19.1. The standard InChI is InChI=1S/C9H14FNO4/c1-2-9(10)3-4-11(8(14)15)6(5-9)7(12)13/h6H,2-5H2,1H3,(H,12,13)(H,14,15). The number of carboxylic acid groups (broad SMARTS) is 2. The first-order valence-corrected chi connectivity index (χ1v) is 4.81. The maximum absolute atomic E-state index is 13.9. The van der Waals surface area contributed by atoms with Gasteiger partial charge in [-0.3, -0.25) is 4.90 Å². The highest BCUT2D eigenvalue weighted by molar-refractivity contribution is 5.79. The molecule has 1 aliphatic rings. The number of aliphatic carboxylic acids is 1. The van der Waals surface area contributed by atoms with Crippen molar-refractivity contribution in [3.05, 3.63) is 0 Å². The highest BCUT2D eigenvalue weighted by Crippen LogP contribution is 2.33. The molecule has 2 atom stereocenters. The summed E-state index contributed by atoms with van der Waals surface area (Å²) in [5.74, 6) is -1.28. The van der Waals surface area contributed by atoms with Gasteiger partial charge in [-0.25, -0.2) is 14.0 Å². The number of piperidine rings is 1. The first kappa shape index (κ1) is 11.7. The molecular weight excluding hydrogens is 205 g/mol. The van der Waals surface area contributed by atoms with Crippen molar-refractivity contribution in [3.63, 3.8) is 0 Å². The Morgan fingerprint density at radius 3 is 2.53 bits per heavy atom. The molecule has 0 aliphatic carbocycles. The van der Waals surface area contributed by atoms with Crippen molar-refractivity contribution < 1.29 is 24.2 Å². The molecule has 0 aromatic carbocycles. The van der Waals surface area contributed by atoms with E-state index in [1.807, 2.05) is 0 Å². The van der Waals surface area contributed by atoms with Gasteiger partial charge < -0.3 is 10.2 Å². The third-order valence-electron chi connectivity index (χ3n) is 2.90. The Bertz CT molecular complexity index is 283. The second-order valence-corrected chi connectivity index (χ2v) is 3.79. The molecule has 0 aromatic heterocycles. The van der Waals surface area contributed by atoms with E-state index in [2.05, 4.69) is 0 Å². The molecule has 5 nitrogen and oxygen atoms in total. The predicted octanol–water partition coefficient (Wildman–Crippen LogP) is 1.33. The molecule has 0 spiro atoms. The number of halogens is 1. The number of rotatable bonds is 2. The van der Waals surface area contributed by atoms with Crippen molar-refractivity contribution in [2.75, 3.05) is 6.54 Å². The number of hydrogen-bond donors (Lipinski definition) is 2. The third kappa shape index (κ3) is 2.37. The fourth-order valence-electron chi connectivity index (χ4n) is 1.81. The Morgan fingerprint density at radius 1 is 1.53 bits per heavy atom. The summed E-state index contributed by atoms with van der Waals surface area (Å²) in [7, 11) is 0. The zero-order chi connectivity index (χ0) is 11.6. The summed E-state index contributed by atoms with van der Waals surface area (Å²) in [6.07, 6.45) is -1.28. The number of carbonyl (C=O) groups is 2. The SMILES string of the molecule is CCC1(F)CCN(C(=O)O)C(C(=O)O)C1. The average Bonchev–Trinajstić information content (AvgIpc) is 2.17. The fraction of sp³-hybridized carbons (Fsp3) is 0.778. The third-order valence-corrected chi connectivity index (χ3v) is 2.90. The first-order chi connectivity index (χ1) is 6.89. The van der Waals surface area contributed by atoms with Gasteiger partial charge in [0, 0.05) is 13.0 Å². The lowest BCUT2D eigenvalue weighted by atomic mass is 9.86. The van der Waals surface area contributed by atoms with E-state index in [9.17, 15) is 14.0 Å². The minimum absolute atomic E-state index is 0.0589. The molecule has 1 saturated heterocycles. The summed E-state index contributed by atoms with van der Waals surface area (Å²) in [4.78, 5) is 22.3. The highest BCUT2D eigenvalue weighted by Gasteiger charge is 2.43. The monoisotopic (exact) mass is 219 g/mol. The Kier molecular flexibility index (Phi) is 3.16. The molecule has 0 aromatic rings. The number of likely N-dealkylation sites (tertiary alicyclic amines) is 1. The van der Waals surface area contributed by atoms with Gasteiger partial charge in [0.15, 0.2) is 0 Å². The molecule has 1 heterocycles. The lowest BCUT2D eigenvalue weighted by molar-refractivity contribution is -0.146. The van der Waals surface area contributed by atoms with Crippen LogP contribution in [0.1, 0.15) is 26.2 Å². The Balaban J connectivity index is 2.83. The van der Waals surface area contributed by atoms with Gasteiger partial charge in [0.05, 0.1) is 0 Å². The van der Waals surface area contributed by atoms with Crippen LogP contribution in [0.15, 0.2) is 0 Å². The zero-order valence-electron chi connectivity index (χ0n) is 8.44. The Labute approximate surface area is 86.5 Å². The van der Waals surface area contributed by atoms with E-state index in [-0.39, 0.29) is 25.8 Å². The second kappa shape index (κ2) is 4.04. The minimum atomic E-state index is -1.55. The molecule has 1 amide bonds. The van der Waals surface area contributed by atoms with Crippen LogP contribution in [0.4, 0.5) is 9.18 Å². The molecule has 15 heavy (non-hydrogen) atoms. The fourth-order valence-corrected chi connectivity index (χ4v) is 1.81. The van der Waals surface area contributed by atoms with E-state index in [4.69, 9.17) is 10.2 Å². The molecule has 1 fully saturated rings. The normalized spacial score (nSPS) is 31.3. The molecule has 2 unspecified atom stereocenters. The van der Waals surface area contributed by atoms with Crippen LogP contribution in [0.2, 0.25) is 0 Å². The van der Waals surface area contributed by atoms with Gasteiger partial charge in [-0.15, -0.1) is 0 Å². The summed E-state index contributed by atoms with van der Waals surface area (Å²) in [5, 5.41) is 17.6. The van der Waals surface area contributed by atoms with Crippen molar-refractivity contribution in [3.8, 4) is 0 Å². The smallest absolute Gasteiger partial charge is 0.408 e. The van der Waals surface area contributed by atoms with Crippen LogP contribution in [-0.2, 0) is 4.79 Å². The average molecular weight is 219 g/mol. The van der Waals surface area contributed by atoms with E-state index in [1.54, 1.807) is 6.92 Å². The minimum Gasteiger partial charge on any atom is -0.480 e. The largest absolute Gasteiger partial charge is 0.480 e. The summed E-state index contributed by atoms with van der Waals surface area (Å²) in [6, 6.07) is -1.26. The Hall–Kier alpha value is -1.33. The quantitative estimate of drug-likeness (QED) is 0.734. The lowest BCUT2D eigenvalue weighted by Gasteiger charge is -2.38. The van der Waals surface area contributed by atoms with E-state index in [0.717, 1.165) is 4.90 Å². The summed E-state index contributed by atoms with van der Waals surface area (Å²) in [5.41, 5.74) is -1.55. The number of carboxylic acids is 1. The van der Waals surface area contributed by atoms with Gasteiger partial charge in [0.1, 0.15) is 11.7 Å². The van der Waals surface area contributed by atoms with Gasteiger partial charge in [0.25, 0.3) is 0 Å². The molecule has 6 heteroatoms. The molecule has 0 bridgehead atoms. The first-order valence-electron chi connectivity index (χ1n) is 4.81. The number of nitrogens with zero attached hydrogens (tertiary/aromatic N) is 1. The maximum Gasteiger partial charge on any atom is 0.408 e. The van der Waals surface area contributed by atoms with Gasteiger partial charge in [-0.2, -0.15) is 0 Å². The molecule has 86 valence electrons. The summed E-state index contributed by atoms with van der Waals surface area (Å²) < 4.78 is 13.9. The van der Waals surface area contributed by atoms with Gasteiger partial charge in [-0.1, -0.05) is 6.92 Å². The lowest BCUT2D eigenvalue weighted by Crippen LogP contribution is -2.53. The van der Waals surface area contributed by atoms with E-state index < -0.39 is 23.8 Å². The van der Waals surface area contributed by atoms with E-state index in [0.29, 0.717) is 0 Å². The van der Waals surface area contributed by atoms with Crippen molar-refractivity contribution in [2.45, 2.75) is 37.9 Å². The van der Waals surface area contributed by atoms with Crippen LogP contribution in [0.3, 0.4) is 0 Å². The van der Waals surface area contributed by atoms with Gasteiger partial charge in [0.2, 0.25) is 0 Å². The van der Waals surface area contributed by atoms with Crippen LogP contribution in [0.5, 0.6) is 0 Å². The molecule has 0 radical (unpaired) electrons. The van der Waals surface area contributed by atoms with E-state index >= 15 is 0 Å². The Morgan fingerprint density at radius 2 is 2.13 bits per heavy atom. The number of hydrogen-bond acceptors (Lipinski definition) is 2. The zero-order valence-corrected chi connectivity index (χ0v) is 8.44. The topological polar surface area (TPSA) is 77.8 Å². The number of alkyl halides is 1. The molecular formula is C9H14FNO4. The van der Waals surface area contributed by atoms with E-state index in [1.165, 1.54) is 0 Å². The summed E-state index contributed by atoms with van der Waals surface area (Å²) >= 11 is 0. The van der Waals surface area contributed by atoms with Crippen molar-refractivity contribution in [2.24, 2.45) is 0 Å². The molecule has 1 rings (SSSR count). The van der Waals surface area contributed by atoms with Crippen LogP contribution in [0.25, 0.3) is 0 Å². The molecule has 2 N–H and O–H groups in total.